The average molecular weight is 593 g/mol. The first-order valence-electron chi connectivity index (χ1n) is 15.7. The molecule has 0 aliphatic rings. The Kier molecular flexibility index (Phi) is 11.2. The second-order valence-electron chi connectivity index (χ2n) is 12.6. The minimum Gasteiger partial charge on any atom is -0.494 e. The highest BCUT2D eigenvalue weighted by atomic mass is 16.5. The molecule has 5 nitrogen and oxygen atoms in total. The molecule has 0 spiro atoms. The number of allylic oxidation sites excluding steroid dienone is 3. The summed E-state index contributed by atoms with van der Waals surface area (Å²) in [6, 6.07) is 25.4. The molecule has 0 saturated carbocycles. The molecular formula is C39H48N2O3. The van der Waals surface area contributed by atoms with Crippen LogP contribution in [0.1, 0.15) is 69.2 Å². The maximum atomic E-state index is 11.2. The fourth-order valence-corrected chi connectivity index (χ4v) is 6.13. The Bertz CT molecular complexity index is 1590. The largest absolute Gasteiger partial charge is 0.494 e. The average Bonchev–Trinajstić information content (AvgIpc) is 3.38. The van der Waals surface area contributed by atoms with Gasteiger partial charge in [-0.1, -0.05) is 87.5 Å². The smallest absolute Gasteiger partial charge is 0.323 e. The molecule has 44 heavy (non-hydrogen) atoms. The molecule has 3 aromatic carbocycles. The number of aromatic nitrogens is 1. The molecule has 1 heterocycles. The van der Waals surface area contributed by atoms with Crippen molar-refractivity contribution in [1.82, 2.24) is 9.47 Å². The Balaban J connectivity index is 1.54. The molecule has 4 aromatic rings. The zero-order chi connectivity index (χ0) is 31.7. The number of hydrogen-bond acceptors (Lipinski definition) is 3. The van der Waals surface area contributed by atoms with Crippen LogP contribution in [-0.4, -0.2) is 40.2 Å². The molecule has 4 rings (SSSR count). The van der Waals surface area contributed by atoms with E-state index in [0.717, 1.165) is 42.7 Å². The lowest BCUT2D eigenvalue weighted by atomic mass is 9.82. The van der Waals surface area contributed by atoms with Crippen molar-refractivity contribution in [2.24, 2.45) is 0 Å². The second kappa shape index (κ2) is 15.1. The first-order chi connectivity index (χ1) is 21.1. The Morgan fingerprint density at radius 3 is 2.48 bits per heavy atom. The number of aliphatic carboxylic acids is 1. The lowest BCUT2D eigenvalue weighted by molar-refractivity contribution is -0.137. The van der Waals surface area contributed by atoms with Crippen LogP contribution in [0.15, 0.2) is 103 Å². The molecule has 1 aromatic heterocycles. The first kappa shape index (κ1) is 32.8. The molecule has 0 radical (unpaired) electrons. The maximum absolute atomic E-state index is 11.2. The summed E-state index contributed by atoms with van der Waals surface area (Å²) in [5.41, 5.74) is 7.77. The zero-order valence-electron chi connectivity index (χ0n) is 27.2. The Hall–Kier alpha value is -4.09. The van der Waals surface area contributed by atoms with Crippen molar-refractivity contribution in [2.75, 3.05) is 19.7 Å². The topological polar surface area (TPSA) is 54.7 Å². The minimum atomic E-state index is -0.852. The van der Waals surface area contributed by atoms with Crippen molar-refractivity contribution in [2.45, 2.75) is 72.4 Å². The molecule has 0 fully saturated rings. The van der Waals surface area contributed by atoms with Crippen molar-refractivity contribution in [3.63, 3.8) is 0 Å². The van der Waals surface area contributed by atoms with Crippen LogP contribution in [0.4, 0.5) is 0 Å². The summed E-state index contributed by atoms with van der Waals surface area (Å²) in [6.45, 7) is 16.5. The van der Waals surface area contributed by atoms with E-state index in [9.17, 15) is 9.90 Å². The van der Waals surface area contributed by atoms with Crippen LogP contribution >= 0.6 is 0 Å². The quantitative estimate of drug-likeness (QED) is 0.117. The van der Waals surface area contributed by atoms with Gasteiger partial charge < -0.3 is 14.4 Å². The SMILES string of the molecule is C/C=C\C(=C/C)C(CN(CCCOc1ccc2c(ccn2CC(=O)O)c1)Cc1cccc(C(C)(C)C)c1C)c1ccccc1. The molecular weight excluding hydrogens is 544 g/mol. The summed E-state index contributed by atoms with van der Waals surface area (Å²) in [5.74, 6) is 0.202. The van der Waals surface area contributed by atoms with Crippen molar-refractivity contribution >= 4 is 16.9 Å². The van der Waals surface area contributed by atoms with Gasteiger partial charge in [0.25, 0.3) is 0 Å². The van der Waals surface area contributed by atoms with Crippen molar-refractivity contribution < 1.29 is 14.6 Å². The van der Waals surface area contributed by atoms with E-state index in [-0.39, 0.29) is 17.9 Å². The predicted octanol–water partition coefficient (Wildman–Crippen LogP) is 8.91. The summed E-state index contributed by atoms with van der Waals surface area (Å²) in [4.78, 5) is 13.8. The summed E-state index contributed by atoms with van der Waals surface area (Å²) < 4.78 is 7.96. The standard InChI is InChI=1S/C39H48N2O3/c1-7-14-30(8-2)35(31-15-10-9-11-16-31)27-40(26-33-17-12-18-36(29(33)3)39(4,5)6)22-13-24-44-34-19-20-37-32(25-34)21-23-41(37)28-38(42)43/h7-12,14-21,23,25,35H,13,22,24,26-28H2,1-6H3,(H,42,43)/b14-7-,30-8+. The number of carboxylic acid groups (broad SMARTS) is 1. The van der Waals surface area contributed by atoms with E-state index in [1.165, 1.54) is 27.8 Å². The minimum absolute atomic E-state index is 0.0510. The number of hydrogen-bond donors (Lipinski definition) is 1. The van der Waals surface area contributed by atoms with Gasteiger partial charge in [0, 0.05) is 42.7 Å². The molecule has 0 aliphatic heterocycles. The highest BCUT2D eigenvalue weighted by Crippen LogP contribution is 2.31. The van der Waals surface area contributed by atoms with E-state index in [1.54, 1.807) is 4.57 Å². The maximum Gasteiger partial charge on any atom is 0.323 e. The van der Waals surface area contributed by atoms with Crippen LogP contribution in [0.25, 0.3) is 10.9 Å². The van der Waals surface area contributed by atoms with Gasteiger partial charge in [-0.15, -0.1) is 0 Å². The number of carbonyl (C=O) groups is 1. The number of fused-ring (bicyclic) bond motifs is 1. The summed E-state index contributed by atoms with van der Waals surface area (Å²) >= 11 is 0. The highest BCUT2D eigenvalue weighted by Gasteiger charge is 2.22. The van der Waals surface area contributed by atoms with Crippen molar-refractivity contribution in [1.29, 1.82) is 0 Å². The van der Waals surface area contributed by atoms with Crippen LogP contribution in [-0.2, 0) is 23.3 Å². The van der Waals surface area contributed by atoms with Gasteiger partial charge >= 0.3 is 5.97 Å². The van der Waals surface area contributed by atoms with E-state index in [0.29, 0.717) is 6.61 Å². The fourth-order valence-electron chi connectivity index (χ4n) is 6.13. The van der Waals surface area contributed by atoms with Gasteiger partial charge in [-0.25, -0.2) is 0 Å². The number of ether oxygens (including phenoxy) is 1. The number of rotatable bonds is 14. The lowest BCUT2D eigenvalue weighted by Crippen LogP contribution is -2.31. The number of carboxylic acids is 1. The van der Waals surface area contributed by atoms with Crippen molar-refractivity contribution in [3.05, 3.63) is 125 Å². The van der Waals surface area contributed by atoms with E-state index in [1.807, 2.05) is 30.5 Å². The van der Waals surface area contributed by atoms with Gasteiger partial charge in [0.05, 0.1) is 6.61 Å². The second-order valence-corrected chi connectivity index (χ2v) is 12.6. The van der Waals surface area contributed by atoms with E-state index >= 15 is 0 Å². The van der Waals surface area contributed by atoms with Crippen LogP contribution in [0.5, 0.6) is 5.75 Å². The van der Waals surface area contributed by atoms with Crippen LogP contribution < -0.4 is 4.74 Å². The first-order valence-corrected chi connectivity index (χ1v) is 15.7. The van der Waals surface area contributed by atoms with E-state index < -0.39 is 5.97 Å². The third kappa shape index (κ3) is 8.51. The monoisotopic (exact) mass is 592 g/mol. The molecule has 1 N–H and O–H groups in total. The molecule has 232 valence electrons. The fraction of sp³-hybridized carbons (Fsp3) is 0.359. The number of benzene rings is 3. The summed E-state index contributed by atoms with van der Waals surface area (Å²) in [6.07, 6.45) is 9.31. The Labute approximate surface area is 263 Å². The predicted molar refractivity (Wildman–Crippen MR) is 183 cm³/mol. The van der Waals surface area contributed by atoms with Crippen molar-refractivity contribution in [3.8, 4) is 5.75 Å². The number of nitrogens with zero attached hydrogens (tertiary/aromatic N) is 2. The molecule has 0 aliphatic carbocycles. The molecule has 5 heteroatoms. The van der Waals surface area contributed by atoms with Gasteiger partial charge in [-0.2, -0.15) is 0 Å². The van der Waals surface area contributed by atoms with E-state index in [2.05, 4.69) is 113 Å². The van der Waals surface area contributed by atoms with Gasteiger partial charge in [-0.3, -0.25) is 9.69 Å². The summed E-state index contributed by atoms with van der Waals surface area (Å²) in [5, 5.41) is 10.2. The van der Waals surface area contributed by atoms with Crippen LogP contribution in [0.3, 0.4) is 0 Å². The lowest BCUT2D eigenvalue weighted by Gasteiger charge is -2.31. The normalized spacial score (nSPS) is 13.2. The Morgan fingerprint density at radius 2 is 1.80 bits per heavy atom. The molecule has 0 bridgehead atoms. The van der Waals surface area contributed by atoms with Gasteiger partial charge in [0.15, 0.2) is 0 Å². The van der Waals surface area contributed by atoms with Gasteiger partial charge in [0.1, 0.15) is 12.3 Å². The Morgan fingerprint density at radius 1 is 1.02 bits per heavy atom. The van der Waals surface area contributed by atoms with E-state index in [4.69, 9.17) is 4.74 Å². The van der Waals surface area contributed by atoms with Crippen LogP contribution in [0.2, 0.25) is 0 Å². The molecule has 1 atom stereocenters. The third-order valence-corrected chi connectivity index (χ3v) is 8.32. The highest BCUT2D eigenvalue weighted by molar-refractivity contribution is 5.83. The van der Waals surface area contributed by atoms with Gasteiger partial charge in [0.2, 0.25) is 0 Å². The zero-order valence-corrected chi connectivity index (χ0v) is 27.2. The molecule has 0 saturated heterocycles. The third-order valence-electron chi connectivity index (χ3n) is 8.32. The molecule has 0 amide bonds. The molecule has 1 unspecified atom stereocenters. The van der Waals surface area contributed by atoms with Crippen LogP contribution in [0, 0.1) is 6.92 Å². The summed E-state index contributed by atoms with van der Waals surface area (Å²) in [7, 11) is 0. The van der Waals surface area contributed by atoms with Gasteiger partial charge in [-0.05, 0) is 84.7 Å².